The number of nitrogens with one attached hydrogen (secondary N) is 1. The first-order chi connectivity index (χ1) is 11.2. The molecule has 0 radical (unpaired) electrons. The van der Waals surface area contributed by atoms with E-state index in [1.165, 1.54) is 46.9 Å². The Morgan fingerprint density at radius 1 is 1.17 bits per heavy atom. The molecule has 1 heterocycles. The average molecular weight is 308 g/mol. The van der Waals surface area contributed by atoms with Crippen LogP contribution in [0, 0.1) is 0 Å². The van der Waals surface area contributed by atoms with E-state index in [2.05, 4.69) is 55.6 Å². The first kappa shape index (κ1) is 15.9. The molecule has 1 aliphatic heterocycles. The molecule has 0 spiro atoms. The zero-order valence-corrected chi connectivity index (χ0v) is 14.4. The maximum atomic E-state index is 5.99. The molecule has 2 aromatic carbocycles. The van der Waals surface area contributed by atoms with Gasteiger partial charge in [-0.2, -0.15) is 0 Å². The fraction of sp³-hybridized carbons (Fsp3) is 0.429. The van der Waals surface area contributed by atoms with Gasteiger partial charge in [-0.15, -0.1) is 0 Å². The number of hydrogen-bond donors (Lipinski definition) is 2. The lowest BCUT2D eigenvalue weighted by atomic mass is 9.79. The highest BCUT2D eigenvalue weighted by molar-refractivity contribution is 5.97. The van der Waals surface area contributed by atoms with Crippen LogP contribution in [0.3, 0.4) is 0 Å². The van der Waals surface area contributed by atoms with Crippen molar-refractivity contribution in [3.63, 3.8) is 0 Å². The van der Waals surface area contributed by atoms with Crippen LogP contribution in [-0.4, -0.2) is 5.54 Å². The van der Waals surface area contributed by atoms with E-state index in [9.17, 15) is 0 Å². The van der Waals surface area contributed by atoms with Crippen molar-refractivity contribution in [1.82, 2.24) is 0 Å². The SMILES string of the molecule is CCCCC1(CC)C/C(=C\N)Cc2cccc3cccc(c23)N1. The molecule has 1 aliphatic rings. The van der Waals surface area contributed by atoms with Gasteiger partial charge >= 0.3 is 0 Å². The molecule has 0 bridgehead atoms. The second kappa shape index (κ2) is 6.66. The summed E-state index contributed by atoms with van der Waals surface area (Å²) in [6, 6.07) is 13.2. The lowest BCUT2D eigenvalue weighted by molar-refractivity contribution is 0.395. The van der Waals surface area contributed by atoms with Crippen molar-refractivity contribution in [2.24, 2.45) is 5.73 Å². The molecule has 122 valence electrons. The van der Waals surface area contributed by atoms with Gasteiger partial charge in [-0.1, -0.05) is 57.0 Å². The Labute approximate surface area is 139 Å². The molecule has 3 rings (SSSR count). The molecule has 1 unspecified atom stereocenters. The summed E-state index contributed by atoms with van der Waals surface area (Å²) in [7, 11) is 0. The Kier molecular flexibility index (Phi) is 4.61. The first-order valence-electron chi connectivity index (χ1n) is 8.90. The summed E-state index contributed by atoms with van der Waals surface area (Å²) in [5.41, 5.74) is 10.1. The second-order valence-electron chi connectivity index (χ2n) is 6.86. The van der Waals surface area contributed by atoms with Crippen LogP contribution < -0.4 is 11.1 Å². The van der Waals surface area contributed by atoms with Crippen LogP contribution in [-0.2, 0) is 6.42 Å². The van der Waals surface area contributed by atoms with Crippen LogP contribution in [0.1, 0.15) is 51.5 Å². The van der Waals surface area contributed by atoms with E-state index < -0.39 is 0 Å². The highest BCUT2D eigenvalue weighted by Crippen LogP contribution is 2.39. The summed E-state index contributed by atoms with van der Waals surface area (Å²) in [6.07, 6.45) is 8.61. The Morgan fingerprint density at radius 3 is 2.65 bits per heavy atom. The van der Waals surface area contributed by atoms with Gasteiger partial charge in [-0.3, -0.25) is 0 Å². The third-order valence-corrected chi connectivity index (χ3v) is 5.30. The standard InChI is InChI=1S/C21H28N2/c1-3-5-12-21(4-2)14-16(15-22)13-18-10-6-8-17-9-7-11-19(23-21)20(17)18/h6-11,15,23H,3-5,12-14,22H2,1-2H3/b16-15-. The Morgan fingerprint density at radius 2 is 1.96 bits per heavy atom. The van der Waals surface area contributed by atoms with E-state index >= 15 is 0 Å². The molecule has 2 heteroatoms. The first-order valence-corrected chi connectivity index (χ1v) is 8.90. The largest absolute Gasteiger partial charge is 0.405 e. The molecule has 3 N–H and O–H groups in total. The van der Waals surface area contributed by atoms with Crippen LogP contribution in [0.15, 0.2) is 48.2 Å². The molecule has 23 heavy (non-hydrogen) atoms. The van der Waals surface area contributed by atoms with Gasteiger partial charge in [-0.05, 0) is 54.5 Å². The van der Waals surface area contributed by atoms with Gasteiger partial charge in [0.05, 0.1) is 0 Å². The van der Waals surface area contributed by atoms with Gasteiger partial charge < -0.3 is 11.1 Å². The maximum Gasteiger partial charge on any atom is 0.0427 e. The number of rotatable bonds is 4. The predicted molar refractivity (Wildman–Crippen MR) is 101 cm³/mol. The zero-order chi connectivity index (χ0) is 16.3. The van der Waals surface area contributed by atoms with Crippen molar-refractivity contribution in [2.45, 2.75) is 57.9 Å². The van der Waals surface area contributed by atoms with Gasteiger partial charge in [0.25, 0.3) is 0 Å². The Hall–Kier alpha value is -1.96. The minimum atomic E-state index is 0.114. The summed E-state index contributed by atoms with van der Waals surface area (Å²) in [6.45, 7) is 4.56. The minimum absolute atomic E-state index is 0.114. The maximum absolute atomic E-state index is 5.99. The van der Waals surface area contributed by atoms with Crippen LogP contribution in [0.25, 0.3) is 10.8 Å². The van der Waals surface area contributed by atoms with Gasteiger partial charge in [0.2, 0.25) is 0 Å². The molecule has 2 nitrogen and oxygen atoms in total. The quantitative estimate of drug-likeness (QED) is 0.796. The van der Waals surface area contributed by atoms with Gasteiger partial charge in [0.15, 0.2) is 0 Å². The van der Waals surface area contributed by atoms with E-state index in [-0.39, 0.29) is 5.54 Å². The monoisotopic (exact) mass is 308 g/mol. The Balaban J connectivity index is 2.16. The van der Waals surface area contributed by atoms with E-state index in [4.69, 9.17) is 5.73 Å². The summed E-state index contributed by atoms with van der Waals surface area (Å²) in [5.74, 6) is 0. The average Bonchev–Trinajstić information content (AvgIpc) is 2.57. The molecule has 0 fully saturated rings. The number of benzene rings is 2. The van der Waals surface area contributed by atoms with Crippen molar-refractivity contribution in [2.75, 3.05) is 5.32 Å². The van der Waals surface area contributed by atoms with Crippen LogP contribution in [0.5, 0.6) is 0 Å². The summed E-state index contributed by atoms with van der Waals surface area (Å²) < 4.78 is 0. The molecule has 0 saturated heterocycles. The van der Waals surface area contributed by atoms with Crippen molar-refractivity contribution in [3.8, 4) is 0 Å². The van der Waals surface area contributed by atoms with Gasteiger partial charge in [-0.25, -0.2) is 0 Å². The lowest BCUT2D eigenvalue weighted by Gasteiger charge is -2.38. The molecule has 0 amide bonds. The van der Waals surface area contributed by atoms with Crippen molar-refractivity contribution >= 4 is 16.5 Å². The normalized spacial score (nSPS) is 22.6. The molecule has 2 aromatic rings. The zero-order valence-electron chi connectivity index (χ0n) is 14.4. The fourth-order valence-electron chi connectivity index (χ4n) is 3.92. The molecular weight excluding hydrogens is 280 g/mol. The van der Waals surface area contributed by atoms with Crippen molar-refractivity contribution in [3.05, 3.63) is 53.7 Å². The van der Waals surface area contributed by atoms with Crippen molar-refractivity contribution < 1.29 is 0 Å². The molecule has 0 aromatic heterocycles. The van der Waals surface area contributed by atoms with Gasteiger partial charge in [0.1, 0.15) is 0 Å². The van der Waals surface area contributed by atoms with E-state index in [1.807, 2.05) is 6.20 Å². The van der Waals surface area contributed by atoms with Crippen LogP contribution >= 0.6 is 0 Å². The number of nitrogens with two attached hydrogens (primary N) is 1. The third-order valence-electron chi connectivity index (χ3n) is 5.30. The predicted octanol–water partition coefficient (Wildman–Crippen LogP) is 5.38. The molecule has 0 aliphatic carbocycles. The topological polar surface area (TPSA) is 38.0 Å². The number of anilines is 1. The minimum Gasteiger partial charge on any atom is -0.405 e. The lowest BCUT2D eigenvalue weighted by Crippen LogP contribution is -2.39. The fourth-order valence-corrected chi connectivity index (χ4v) is 3.92. The van der Waals surface area contributed by atoms with E-state index in [1.54, 1.807) is 0 Å². The highest BCUT2D eigenvalue weighted by atomic mass is 15.0. The second-order valence-corrected chi connectivity index (χ2v) is 6.86. The van der Waals surface area contributed by atoms with E-state index in [0.29, 0.717) is 0 Å². The smallest absolute Gasteiger partial charge is 0.0427 e. The third kappa shape index (κ3) is 3.08. The summed E-state index contributed by atoms with van der Waals surface area (Å²) in [5, 5.41) is 6.61. The van der Waals surface area contributed by atoms with Gasteiger partial charge in [0, 0.05) is 16.6 Å². The van der Waals surface area contributed by atoms with Crippen molar-refractivity contribution in [1.29, 1.82) is 0 Å². The van der Waals surface area contributed by atoms with Crippen LogP contribution in [0.4, 0.5) is 5.69 Å². The highest BCUT2D eigenvalue weighted by Gasteiger charge is 2.31. The van der Waals surface area contributed by atoms with Crippen LogP contribution in [0.2, 0.25) is 0 Å². The van der Waals surface area contributed by atoms with E-state index in [0.717, 1.165) is 19.3 Å². The molecular formula is C21H28N2. The Bertz CT molecular complexity index is 712. The molecule has 1 atom stereocenters. The number of unbranched alkanes of at least 4 members (excludes halogenated alkanes) is 1. The molecule has 0 saturated carbocycles. The summed E-state index contributed by atoms with van der Waals surface area (Å²) >= 11 is 0. The summed E-state index contributed by atoms with van der Waals surface area (Å²) in [4.78, 5) is 0. The number of hydrogen-bond acceptors (Lipinski definition) is 2.